The molecular weight excluding hydrogens is 200 g/mol. The Bertz CT molecular complexity index is 387. The van der Waals surface area contributed by atoms with Gasteiger partial charge in [0.1, 0.15) is 5.76 Å². The highest BCUT2D eigenvalue weighted by Crippen LogP contribution is 2.63. The summed E-state index contributed by atoms with van der Waals surface area (Å²) in [6, 6.07) is 0. The van der Waals surface area contributed by atoms with Gasteiger partial charge in [0, 0.05) is 11.5 Å². The van der Waals surface area contributed by atoms with Crippen molar-refractivity contribution >= 4 is 5.82 Å². The molecular formula is C13H20N2O. The minimum absolute atomic E-state index is 0.610. The lowest BCUT2D eigenvalue weighted by Crippen LogP contribution is -2.01. The second kappa shape index (κ2) is 3.51. The minimum atomic E-state index is 0.610. The Hall–Kier alpha value is -0.990. The minimum Gasteiger partial charge on any atom is -0.381 e. The van der Waals surface area contributed by atoms with Gasteiger partial charge >= 0.3 is 0 Å². The van der Waals surface area contributed by atoms with Gasteiger partial charge in [0.05, 0.1) is 0 Å². The van der Waals surface area contributed by atoms with Gasteiger partial charge in [-0.1, -0.05) is 25.4 Å². The topological polar surface area (TPSA) is 52.0 Å². The van der Waals surface area contributed by atoms with E-state index in [0.717, 1.165) is 24.0 Å². The number of nitrogen functional groups attached to an aromatic ring is 1. The molecule has 0 saturated heterocycles. The zero-order valence-electron chi connectivity index (χ0n) is 10.1. The highest BCUT2D eigenvalue weighted by Gasteiger charge is 2.56. The molecule has 2 aliphatic rings. The number of hydrogen-bond donors (Lipinski definition) is 1. The maximum Gasteiger partial charge on any atom is 0.170 e. The lowest BCUT2D eigenvalue weighted by atomic mass is 9.99. The van der Waals surface area contributed by atoms with Gasteiger partial charge in [-0.2, -0.15) is 0 Å². The predicted molar refractivity (Wildman–Crippen MR) is 63.0 cm³/mol. The van der Waals surface area contributed by atoms with Crippen LogP contribution in [0.1, 0.15) is 50.4 Å². The van der Waals surface area contributed by atoms with Gasteiger partial charge in [-0.25, -0.2) is 0 Å². The molecule has 88 valence electrons. The van der Waals surface area contributed by atoms with Crippen LogP contribution in [0, 0.1) is 17.8 Å². The Morgan fingerprint density at radius 2 is 2.06 bits per heavy atom. The number of hydrogen-bond acceptors (Lipinski definition) is 3. The van der Waals surface area contributed by atoms with Crippen LogP contribution in [-0.4, -0.2) is 5.16 Å². The third-order valence-corrected chi connectivity index (χ3v) is 4.17. The van der Waals surface area contributed by atoms with E-state index < -0.39 is 0 Å². The van der Waals surface area contributed by atoms with E-state index in [9.17, 15) is 0 Å². The van der Waals surface area contributed by atoms with Crippen LogP contribution in [0.2, 0.25) is 0 Å². The van der Waals surface area contributed by atoms with Crippen LogP contribution in [-0.2, 0) is 6.42 Å². The van der Waals surface area contributed by atoms with E-state index in [0.29, 0.717) is 17.7 Å². The summed E-state index contributed by atoms with van der Waals surface area (Å²) in [7, 11) is 0. The molecule has 2 aliphatic carbocycles. The van der Waals surface area contributed by atoms with Crippen LogP contribution < -0.4 is 5.73 Å². The summed E-state index contributed by atoms with van der Waals surface area (Å²) in [5.74, 6) is 4.73. The number of fused-ring (bicyclic) bond motifs is 1. The van der Waals surface area contributed by atoms with Gasteiger partial charge in [-0.3, -0.25) is 0 Å². The molecule has 2 saturated carbocycles. The first-order chi connectivity index (χ1) is 7.68. The summed E-state index contributed by atoms with van der Waals surface area (Å²) in [4.78, 5) is 0. The van der Waals surface area contributed by atoms with Crippen LogP contribution in [0.15, 0.2) is 4.52 Å². The SMILES string of the molecule is CC(C)Cc1c(N)noc1C1C2CCCC21. The fourth-order valence-electron chi connectivity index (χ4n) is 3.42. The second-order valence-corrected chi connectivity index (χ2v) is 5.79. The van der Waals surface area contributed by atoms with E-state index in [1.807, 2.05) is 0 Å². The number of nitrogens with two attached hydrogens (primary N) is 1. The van der Waals surface area contributed by atoms with Crippen molar-refractivity contribution in [3.05, 3.63) is 11.3 Å². The normalized spacial score (nSPS) is 32.1. The van der Waals surface area contributed by atoms with E-state index in [-0.39, 0.29) is 0 Å². The Morgan fingerprint density at radius 1 is 1.38 bits per heavy atom. The number of anilines is 1. The zero-order valence-corrected chi connectivity index (χ0v) is 10.1. The van der Waals surface area contributed by atoms with Crippen molar-refractivity contribution in [3.63, 3.8) is 0 Å². The van der Waals surface area contributed by atoms with Gasteiger partial charge in [-0.05, 0) is 37.0 Å². The zero-order chi connectivity index (χ0) is 11.3. The molecule has 3 nitrogen and oxygen atoms in total. The van der Waals surface area contributed by atoms with Crippen LogP contribution in [0.25, 0.3) is 0 Å². The van der Waals surface area contributed by atoms with Crippen LogP contribution in [0.3, 0.4) is 0 Å². The van der Waals surface area contributed by atoms with E-state index in [1.54, 1.807) is 0 Å². The molecule has 2 N–H and O–H groups in total. The maximum absolute atomic E-state index is 5.90. The van der Waals surface area contributed by atoms with Crippen molar-refractivity contribution in [2.75, 3.05) is 5.73 Å². The van der Waals surface area contributed by atoms with Crippen molar-refractivity contribution in [1.82, 2.24) is 5.16 Å². The lowest BCUT2D eigenvalue weighted by molar-refractivity contribution is 0.372. The highest BCUT2D eigenvalue weighted by molar-refractivity contribution is 5.44. The summed E-state index contributed by atoms with van der Waals surface area (Å²) in [6.07, 6.45) is 5.14. The molecule has 1 aromatic rings. The number of rotatable bonds is 3. The average Bonchev–Trinajstić information content (AvgIpc) is 2.63. The van der Waals surface area contributed by atoms with E-state index >= 15 is 0 Å². The molecule has 0 aromatic carbocycles. The fourth-order valence-corrected chi connectivity index (χ4v) is 3.42. The quantitative estimate of drug-likeness (QED) is 0.852. The smallest absolute Gasteiger partial charge is 0.170 e. The third-order valence-electron chi connectivity index (χ3n) is 4.17. The number of aromatic nitrogens is 1. The standard InChI is InChI=1S/C13H20N2O/c1-7(2)6-10-12(16-15-13(10)14)11-8-4-3-5-9(8)11/h7-9,11H,3-6H2,1-2H3,(H2,14,15). The van der Waals surface area contributed by atoms with Crippen molar-refractivity contribution in [3.8, 4) is 0 Å². The van der Waals surface area contributed by atoms with E-state index in [1.165, 1.54) is 24.8 Å². The Morgan fingerprint density at radius 3 is 2.69 bits per heavy atom. The summed E-state index contributed by atoms with van der Waals surface area (Å²) < 4.78 is 5.48. The monoisotopic (exact) mass is 220 g/mol. The fraction of sp³-hybridized carbons (Fsp3) is 0.769. The Kier molecular flexibility index (Phi) is 2.23. The first-order valence-corrected chi connectivity index (χ1v) is 6.42. The lowest BCUT2D eigenvalue weighted by Gasteiger charge is -2.06. The van der Waals surface area contributed by atoms with E-state index in [2.05, 4.69) is 19.0 Å². The Balaban J connectivity index is 1.85. The summed E-state index contributed by atoms with van der Waals surface area (Å²) in [5, 5.41) is 3.96. The first kappa shape index (κ1) is 10.2. The van der Waals surface area contributed by atoms with Gasteiger partial charge in [0.2, 0.25) is 0 Å². The van der Waals surface area contributed by atoms with Gasteiger partial charge in [-0.15, -0.1) is 0 Å². The molecule has 3 heteroatoms. The molecule has 0 amide bonds. The second-order valence-electron chi connectivity index (χ2n) is 5.79. The molecule has 2 unspecified atom stereocenters. The Labute approximate surface area is 96.4 Å². The summed E-state index contributed by atoms with van der Waals surface area (Å²) in [6.45, 7) is 4.42. The molecule has 0 bridgehead atoms. The molecule has 0 spiro atoms. The van der Waals surface area contributed by atoms with Crippen molar-refractivity contribution in [1.29, 1.82) is 0 Å². The molecule has 2 fully saturated rings. The molecule has 3 rings (SSSR count). The van der Waals surface area contributed by atoms with Gasteiger partial charge in [0.15, 0.2) is 5.82 Å². The van der Waals surface area contributed by atoms with Crippen LogP contribution in [0.4, 0.5) is 5.82 Å². The summed E-state index contributed by atoms with van der Waals surface area (Å²) in [5.41, 5.74) is 7.09. The summed E-state index contributed by atoms with van der Waals surface area (Å²) >= 11 is 0. The molecule has 2 atom stereocenters. The van der Waals surface area contributed by atoms with Crippen LogP contribution >= 0.6 is 0 Å². The molecule has 0 aliphatic heterocycles. The van der Waals surface area contributed by atoms with Gasteiger partial charge in [0.25, 0.3) is 0 Å². The van der Waals surface area contributed by atoms with Crippen molar-refractivity contribution in [2.45, 2.75) is 45.4 Å². The van der Waals surface area contributed by atoms with Crippen LogP contribution in [0.5, 0.6) is 0 Å². The molecule has 0 radical (unpaired) electrons. The van der Waals surface area contributed by atoms with Gasteiger partial charge < -0.3 is 10.3 Å². The highest BCUT2D eigenvalue weighted by atomic mass is 16.5. The molecule has 16 heavy (non-hydrogen) atoms. The first-order valence-electron chi connectivity index (χ1n) is 6.42. The number of nitrogens with zero attached hydrogens (tertiary/aromatic N) is 1. The predicted octanol–water partition coefficient (Wildman–Crippen LogP) is 2.97. The molecule has 1 aromatic heterocycles. The van der Waals surface area contributed by atoms with Crippen molar-refractivity contribution < 1.29 is 4.52 Å². The third kappa shape index (κ3) is 1.45. The largest absolute Gasteiger partial charge is 0.381 e. The average molecular weight is 220 g/mol. The maximum atomic E-state index is 5.90. The van der Waals surface area contributed by atoms with Crippen molar-refractivity contribution in [2.24, 2.45) is 17.8 Å². The molecule has 1 heterocycles. The van der Waals surface area contributed by atoms with E-state index in [4.69, 9.17) is 10.3 Å².